The lowest BCUT2D eigenvalue weighted by Crippen LogP contribution is -2.32. The Balaban J connectivity index is 1.56. The van der Waals surface area contributed by atoms with Crippen LogP contribution in [0.2, 0.25) is 0 Å². The second kappa shape index (κ2) is 9.15. The van der Waals surface area contributed by atoms with E-state index in [9.17, 15) is 4.79 Å². The highest BCUT2D eigenvalue weighted by Gasteiger charge is 2.45. The number of carbonyl (C=O) groups excluding carboxylic acids is 1. The molecule has 1 aliphatic rings. The molecule has 8 heteroatoms. The number of ketones is 1. The number of likely N-dealkylation sites (N-methyl/N-ethyl adjacent to an activating group) is 1. The van der Waals surface area contributed by atoms with E-state index in [1.165, 1.54) is 0 Å². The van der Waals surface area contributed by atoms with Crippen LogP contribution in [0.25, 0.3) is 11.1 Å². The van der Waals surface area contributed by atoms with Gasteiger partial charge in [0.2, 0.25) is 5.95 Å². The van der Waals surface area contributed by atoms with Crippen LogP contribution in [0.15, 0.2) is 60.8 Å². The zero-order valence-corrected chi connectivity index (χ0v) is 19.4. The summed E-state index contributed by atoms with van der Waals surface area (Å²) in [7, 11) is 4.02. The summed E-state index contributed by atoms with van der Waals surface area (Å²) >= 11 is 0. The molecule has 0 saturated heterocycles. The van der Waals surface area contributed by atoms with Crippen LogP contribution in [-0.4, -0.2) is 51.1 Å². The molecule has 8 nitrogen and oxygen atoms in total. The van der Waals surface area contributed by atoms with E-state index in [0.717, 1.165) is 42.6 Å². The number of hydrogen-bond acceptors (Lipinski definition) is 7. The van der Waals surface area contributed by atoms with E-state index in [1.807, 2.05) is 26.2 Å². The molecule has 0 aliphatic heterocycles. The molecule has 1 aliphatic carbocycles. The fourth-order valence-corrected chi connectivity index (χ4v) is 4.08. The van der Waals surface area contributed by atoms with Gasteiger partial charge in [-0.15, -0.1) is 0 Å². The third-order valence-electron chi connectivity index (χ3n) is 6.46. The first-order chi connectivity index (χ1) is 15.8. The number of allylic oxidation sites excluding steroid dienone is 2. The lowest BCUT2D eigenvalue weighted by molar-refractivity contribution is 0.104. The van der Waals surface area contributed by atoms with Gasteiger partial charge < -0.3 is 16.4 Å². The topological polar surface area (TPSA) is 116 Å². The normalized spacial score (nSPS) is 16.1. The SMILES string of the molecule is CN(C)CCn1cc(C(=O)/C=C(\N)C(C)(c2ccc(-c3cnc(N)nc3)cc2)C2CC2)cn1. The second-order valence-corrected chi connectivity index (χ2v) is 9.14. The minimum Gasteiger partial charge on any atom is -0.401 e. The zero-order chi connectivity index (χ0) is 23.6. The van der Waals surface area contributed by atoms with Crippen molar-refractivity contribution in [2.24, 2.45) is 11.7 Å². The van der Waals surface area contributed by atoms with Gasteiger partial charge in [-0.25, -0.2) is 9.97 Å². The first-order valence-corrected chi connectivity index (χ1v) is 11.1. The molecule has 4 rings (SSSR count). The summed E-state index contributed by atoms with van der Waals surface area (Å²) in [6.07, 6.45) is 10.6. The fraction of sp³-hybridized carbons (Fsp3) is 0.360. The maximum atomic E-state index is 12.9. The van der Waals surface area contributed by atoms with E-state index in [-0.39, 0.29) is 11.7 Å². The molecule has 0 amide bonds. The van der Waals surface area contributed by atoms with Gasteiger partial charge >= 0.3 is 0 Å². The van der Waals surface area contributed by atoms with Gasteiger partial charge in [-0.3, -0.25) is 9.48 Å². The summed E-state index contributed by atoms with van der Waals surface area (Å²) in [5.74, 6) is 0.545. The van der Waals surface area contributed by atoms with Gasteiger partial charge in [-0.1, -0.05) is 24.3 Å². The number of benzene rings is 1. The molecule has 1 atom stereocenters. The largest absolute Gasteiger partial charge is 0.401 e. The van der Waals surface area contributed by atoms with Crippen LogP contribution in [0, 0.1) is 5.92 Å². The van der Waals surface area contributed by atoms with Crippen LogP contribution in [-0.2, 0) is 12.0 Å². The van der Waals surface area contributed by atoms with E-state index in [1.54, 1.807) is 35.5 Å². The molecule has 1 saturated carbocycles. The molecule has 0 radical (unpaired) electrons. The van der Waals surface area contributed by atoms with Gasteiger partial charge in [0.05, 0.1) is 18.3 Å². The Kier molecular flexibility index (Phi) is 6.29. The Morgan fingerprint density at radius 2 is 1.82 bits per heavy atom. The number of aromatic nitrogens is 4. The number of nitrogen functional groups attached to an aromatic ring is 1. The molecule has 0 spiro atoms. The Labute approximate surface area is 194 Å². The predicted molar refractivity (Wildman–Crippen MR) is 129 cm³/mol. The lowest BCUT2D eigenvalue weighted by atomic mass is 9.74. The highest BCUT2D eigenvalue weighted by Crippen LogP contribution is 2.50. The van der Waals surface area contributed by atoms with Crippen molar-refractivity contribution in [3.63, 3.8) is 0 Å². The smallest absolute Gasteiger partial charge is 0.219 e. The van der Waals surface area contributed by atoms with Crippen molar-refractivity contribution in [2.45, 2.75) is 31.7 Å². The standard InChI is InChI=1S/C25H31N7O/c1-25(21-8-9-21,20-6-4-17(5-7-20)18-13-28-24(27)29-14-18)23(26)12-22(33)19-15-30-32(16-19)11-10-31(2)3/h4-7,12-16,21H,8-11,26H2,1-3H3,(H2,27,28,29)/b23-12-. The molecule has 1 unspecified atom stereocenters. The number of anilines is 1. The van der Waals surface area contributed by atoms with Crippen LogP contribution in [0.5, 0.6) is 0 Å². The quantitative estimate of drug-likeness (QED) is 0.384. The molecular formula is C25H31N7O. The summed E-state index contributed by atoms with van der Waals surface area (Å²) in [5.41, 5.74) is 15.9. The Hall–Kier alpha value is -3.52. The summed E-state index contributed by atoms with van der Waals surface area (Å²) < 4.78 is 1.79. The summed E-state index contributed by atoms with van der Waals surface area (Å²) in [5, 5.41) is 4.31. The number of carbonyl (C=O) groups is 1. The summed E-state index contributed by atoms with van der Waals surface area (Å²) in [6, 6.07) is 8.23. The van der Waals surface area contributed by atoms with Crippen molar-refractivity contribution in [2.75, 3.05) is 26.4 Å². The first kappa shape index (κ1) is 22.7. The van der Waals surface area contributed by atoms with Crippen LogP contribution in [0.3, 0.4) is 0 Å². The molecule has 2 heterocycles. The van der Waals surface area contributed by atoms with Crippen LogP contribution in [0.4, 0.5) is 5.95 Å². The molecule has 3 aromatic rings. The van der Waals surface area contributed by atoms with E-state index in [2.05, 4.69) is 39.0 Å². The van der Waals surface area contributed by atoms with Crippen molar-refractivity contribution in [1.29, 1.82) is 0 Å². The molecule has 33 heavy (non-hydrogen) atoms. The summed E-state index contributed by atoms with van der Waals surface area (Å²) in [4.78, 5) is 23.2. The third kappa shape index (κ3) is 4.96. The molecule has 1 fully saturated rings. The van der Waals surface area contributed by atoms with Gasteiger partial charge in [0.25, 0.3) is 0 Å². The van der Waals surface area contributed by atoms with Crippen LogP contribution in [0.1, 0.15) is 35.7 Å². The molecular weight excluding hydrogens is 414 g/mol. The highest BCUT2D eigenvalue weighted by atomic mass is 16.1. The average molecular weight is 446 g/mol. The van der Waals surface area contributed by atoms with Gasteiger partial charge in [-0.05, 0) is 50.9 Å². The Morgan fingerprint density at radius 3 is 2.42 bits per heavy atom. The van der Waals surface area contributed by atoms with Crippen molar-refractivity contribution < 1.29 is 4.79 Å². The van der Waals surface area contributed by atoms with Crippen LogP contribution >= 0.6 is 0 Å². The fourth-order valence-electron chi connectivity index (χ4n) is 4.08. The van der Waals surface area contributed by atoms with Gasteiger partial charge in [0.15, 0.2) is 5.78 Å². The van der Waals surface area contributed by atoms with Crippen molar-refractivity contribution in [3.8, 4) is 11.1 Å². The van der Waals surface area contributed by atoms with Crippen molar-refractivity contribution in [1.82, 2.24) is 24.6 Å². The van der Waals surface area contributed by atoms with Gasteiger partial charge in [-0.2, -0.15) is 5.10 Å². The van der Waals surface area contributed by atoms with E-state index >= 15 is 0 Å². The monoisotopic (exact) mass is 445 g/mol. The maximum absolute atomic E-state index is 12.9. The van der Waals surface area contributed by atoms with Crippen molar-refractivity contribution >= 4 is 11.7 Å². The molecule has 1 aromatic carbocycles. The number of nitrogens with zero attached hydrogens (tertiary/aromatic N) is 5. The lowest BCUT2D eigenvalue weighted by Gasteiger charge is -2.31. The Bertz CT molecular complexity index is 1140. The number of rotatable bonds is 9. The number of nitrogens with two attached hydrogens (primary N) is 2. The van der Waals surface area contributed by atoms with Gasteiger partial charge in [0, 0.05) is 47.9 Å². The molecule has 4 N–H and O–H groups in total. The van der Waals surface area contributed by atoms with Crippen LogP contribution < -0.4 is 11.5 Å². The predicted octanol–water partition coefficient (Wildman–Crippen LogP) is 2.88. The molecule has 0 bridgehead atoms. The molecule has 2 aromatic heterocycles. The average Bonchev–Trinajstić information content (AvgIpc) is 3.55. The number of hydrogen-bond donors (Lipinski definition) is 2. The maximum Gasteiger partial charge on any atom is 0.219 e. The third-order valence-corrected chi connectivity index (χ3v) is 6.46. The van der Waals surface area contributed by atoms with Gasteiger partial charge in [0.1, 0.15) is 0 Å². The van der Waals surface area contributed by atoms with E-state index < -0.39 is 5.41 Å². The van der Waals surface area contributed by atoms with E-state index in [4.69, 9.17) is 11.5 Å². The second-order valence-electron chi connectivity index (χ2n) is 9.14. The Morgan fingerprint density at radius 1 is 1.15 bits per heavy atom. The minimum atomic E-state index is -0.410. The zero-order valence-electron chi connectivity index (χ0n) is 19.4. The highest BCUT2D eigenvalue weighted by molar-refractivity contribution is 6.04. The molecule has 172 valence electrons. The summed E-state index contributed by atoms with van der Waals surface area (Å²) in [6.45, 7) is 3.71. The first-order valence-electron chi connectivity index (χ1n) is 11.1. The minimum absolute atomic E-state index is 0.119. The van der Waals surface area contributed by atoms with E-state index in [0.29, 0.717) is 17.2 Å². The van der Waals surface area contributed by atoms with Crippen molar-refractivity contribution in [3.05, 3.63) is 72.0 Å².